The average Bonchev–Trinajstić information content (AvgIpc) is 2.43. The lowest BCUT2D eigenvalue weighted by Gasteiger charge is -2.34. The molecule has 1 rings (SSSR count). The second-order valence-corrected chi connectivity index (χ2v) is 6.85. The number of carboxylic acids is 1. The van der Waals surface area contributed by atoms with Crippen LogP contribution in [0.1, 0.15) is 47.0 Å². The maximum atomic E-state index is 12.6. The highest BCUT2D eigenvalue weighted by Crippen LogP contribution is 2.19. The van der Waals surface area contributed by atoms with Crippen LogP contribution in [0.25, 0.3) is 0 Å². The Bertz CT molecular complexity index is 420. The molecule has 2 amide bonds. The molecule has 0 radical (unpaired) electrons. The van der Waals surface area contributed by atoms with E-state index in [1.165, 1.54) is 0 Å². The van der Waals surface area contributed by atoms with Crippen molar-refractivity contribution >= 4 is 17.8 Å². The molecular formula is C16H28N2O4. The summed E-state index contributed by atoms with van der Waals surface area (Å²) < 4.78 is 0. The normalized spacial score (nSPS) is 20.1. The summed E-state index contributed by atoms with van der Waals surface area (Å²) >= 11 is 0. The molecular weight excluding hydrogens is 284 g/mol. The van der Waals surface area contributed by atoms with Crippen molar-refractivity contribution in [1.29, 1.82) is 0 Å². The first-order valence-corrected chi connectivity index (χ1v) is 8.03. The SMILES string of the molecule is CC(C)CC(=O)NC(C(=O)N1CCC[C@H](C(=O)O)C1)C(C)C. The van der Waals surface area contributed by atoms with Gasteiger partial charge in [0.05, 0.1) is 5.92 Å². The van der Waals surface area contributed by atoms with Crippen LogP contribution in [0.3, 0.4) is 0 Å². The first kappa shape index (κ1) is 18.5. The van der Waals surface area contributed by atoms with Gasteiger partial charge in [-0.2, -0.15) is 0 Å². The van der Waals surface area contributed by atoms with Crippen LogP contribution < -0.4 is 5.32 Å². The molecule has 0 spiro atoms. The molecule has 0 bridgehead atoms. The number of aliphatic carboxylic acids is 1. The van der Waals surface area contributed by atoms with E-state index in [0.717, 1.165) is 0 Å². The Balaban J connectivity index is 2.72. The molecule has 1 saturated heterocycles. The van der Waals surface area contributed by atoms with Crippen molar-refractivity contribution in [3.8, 4) is 0 Å². The predicted octanol–water partition coefficient (Wildman–Crippen LogP) is 1.50. The summed E-state index contributed by atoms with van der Waals surface area (Å²) in [5, 5.41) is 11.9. The number of nitrogens with one attached hydrogen (secondary N) is 1. The van der Waals surface area contributed by atoms with Gasteiger partial charge in [-0.25, -0.2) is 0 Å². The molecule has 0 aromatic carbocycles. The standard InChI is InChI=1S/C16H28N2O4/c1-10(2)8-13(19)17-14(11(3)4)15(20)18-7-5-6-12(9-18)16(21)22/h10-12,14H,5-9H2,1-4H3,(H,17,19)(H,21,22)/t12-,14?/m0/s1. The van der Waals surface area contributed by atoms with Gasteiger partial charge in [-0.3, -0.25) is 14.4 Å². The minimum Gasteiger partial charge on any atom is -0.481 e. The fourth-order valence-corrected chi connectivity index (χ4v) is 2.69. The van der Waals surface area contributed by atoms with Crippen LogP contribution in [-0.4, -0.2) is 46.9 Å². The maximum Gasteiger partial charge on any atom is 0.308 e. The maximum absolute atomic E-state index is 12.6. The van der Waals surface area contributed by atoms with Crippen molar-refractivity contribution in [1.82, 2.24) is 10.2 Å². The molecule has 0 saturated carbocycles. The Morgan fingerprint density at radius 1 is 1.23 bits per heavy atom. The zero-order valence-corrected chi connectivity index (χ0v) is 14.0. The summed E-state index contributed by atoms with van der Waals surface area (Å²) in [6.07, 6.45) is 1.67. The van der Waals surface area contributed by atoms with Gasteiger partial charge >= 0.3 is 5.97 Å². The Labute approximate surface area is 132 Å². The second-order valence-electron chi connectivity index (χ2n) is 6.85. The largest absolute Gasteiger partial charge is 0.481 e. The van der Waals surface area contributed by atoms with Crippen LogP contribution in [0.4, 0.5) is 0 Å². The predicted molar refractivity (Wildman–Crippen MR) is 83.2 cm³/mol. The van der Waals surface area contributed by atoms with Crippen LogP contribution in [0.15, 0.2) is 0 Å². The quantitative estimate of drug-likeness (QED) is 0.778. The number of hydrogen-bond acceptors (Lipinski definition) is 3. The lowest BCUT2D eigenvalue weighted by Crippen LogP contribution is -2.54. The molecule has 22 heavy (non-hydrogen) atoms. The number of carbonyl (C=O) groups is 3. The Morgan fingerprint density at radius 3 is 2.36 bits per heavy atom. The fraction of sp³-hybridized carbons (Fsp3) is 0.812. The van der Waals surface area contributed by atoms with Crippen molar-refractivity contribution in [2.45, 2.75) is 53.0 Å². The molecule has 1 fully saturated rings. The molecule has 6 nitrogen and oxygen atoms in total. The Morgan fingerprint density at radius 2 is 1.86 bits per heavy atom. The van der Waals surface area contributed by atoms with Crippen LogP contribution in [0, 0.1) is 17.8 Å². The average molecular weight is 312 g/mol. The third-order valence-electron chi connectivity index (χ3n) is 3.93. The van der Waals surface area contributed by atoms with Crippen LogP contribution >= 0.6 is 0 Å². The van der Waals surface area contributed by atoms with E-state index in [9.17, 15) is 14.4 Å². The Hall–Kier alpha value is -1.59. The van der Waals surface area contributed by atoms with Crippen LogP contribution in [-0.2, 0) is 14.4 Å². The highest BCUT2D eigenvalue weighted by Gasteiger charge is 2.33. The number of likely N-dealkylation sites (tertiary alicyclic amines) is 1. The first-order valence-electron chi connectivity index (χ1n) is 8.03. The van der Waals surface area contributed by atoms with Crippen molar-refractivity contribution in [2.75, 3.05) is 13.1 Å². The molecule has 0 aromatic rings. The zero-order valence-electron chi connectivity index (χ0n) is 14.0. The molecule has 1 aliphatic rings. The summed E-state index contributed by atoms with van der Waals surface area (Å²) in [7, 11) is 0. The second kappa shape index (κ2) is 8.15. The third kappa shape index (κ3) is 5.31. The van der Waals surface area contributed by atoms with Crippen LogP contribution in [0.5, 0.6) is 0 Å². The number of rotatable bonds is 6. The number of nitrogens with zero attached hydrogens (tertiary/aromatic N) is 1. The molecule has 1 aliphatic heterocycles. The summed E-state index contributed by atoms with van der Waals surface area (Å²) in [6.45, 7) is 8.47. The minimum absolute atomic E-state index is 0.0335. The van der Waals surface area contributed by atoms with Gasteiger partial charge < -0.3 is 15.3 Å². The smallest absolute Gasteiger partial charge is 0.308 e. The molecule has 6 heteroatoms. The number of carboxylic acid groups (broad SMARTS) is 1. The van der Waals surface area contributed by atoms with Gasteiger partial charge in [0, 0.05) is 19.5 Å². The van der Waals surface area contributed by atoms with E-state index >= 15 is 0 Å². The van der Waals surface area contributed by atoms with Crippen molar-refractivity contribution < 1.29 is 19.5 Å². The van der Waals surface area contributed by atoms with Crippen molar-refractivity contribution in [2.24, 2.45) is 17.8 Å². The van der Waals surface area contributed by atoms with Crippen LogP contribution in [0.2, 0.25) is 0 Å². The third-order valence-corrected chi connectivity index (χ3v) is 3.93. The molecule has 2 atom stereocenters. The van der Waals surface area contributed by atoms with E-state index in [-0.39, 0.29) is 30.2 Å². The number of hydrogen-bond donors (Lipinski definition) is 2. The molecule has 1 unspecified atom stereocenters. The van der Waals surface area contributed by atoms with E-state index in [2.05, 4.69) is 5.32 Å². The molecule has 0 aliphatic carbocycles. The molecule has 126 valence electrons. The van der Waals surface area contributed by atoms with Gasteiger partial charge in [-0.05, 0) is 24.7 Å². The monoisotopic (exact) mass is 312 g/mol. The number of carbonyl (C=O) groups excluding carboxylic acids is 2. The van der Waals surface area contributed by atoms with E-state index in [4.69, 9.17) is 5.11 Å². The van der Waals surface area contributed by atoms with E-state index < -0.39 is 17.9 Å². The zero-order chi connectivity index (χ0) is 16.9. The van der Waals surface area contributed by atoms with E-state index in [1.807, 2.05) is 27.7 Å². The molecule has 0 aromatic heterocycles. The van der Waals surface area contributed by atoms with E-state index in [0.29, 0.717) is 25.8 Å². The summed E-state index contributed by atoms with van der Waals surface area (Å²) in [5.41, 5.74) is 0. The van der Waals surface area contributed by atoms with Gasteiger partial charge in [0.1, 0.15) is 6.04 Å². The van der Waals surface area contributed by atoms with E-state index in [1.54, 1.807) is 4.90 Å². The van der Waals surface area contributed by atoms with Gasteiger partial charge in [0.2, 0.25) is 11.8 Å². The number of amides is 2. The molecule has 1 heterocycles. The van der Waals surface area contributed by atoms with Crippen molar-refractivity contribution in [3.63, 3.8) is 0 Å². The summed E-state index contributed by atoms with van der Waals surface area (Å²) in [5.74, 6) is -1.46. The highest BCUT2D eigenvalue weighted by atomic mass is 16.4. The Kier molecular flexibility index (Phi) is 6.84. The van der Waals surface area contributed by atoms with Crippen molar-refractivity contribution in [3.05, 3.63) is 0 Å². The number of piperidine rings is 1. The summed E-state index contributed by atoms with van der Waals surface area (Å²) in [6, 6.07) is -0.584. The highest BCUT2D eigenvalue weighted by molar-refractivity contribution is 5.88. The summed E-state index contributed by atoms with van der Waals surface area (Å²) in [4.78, 5) is 37.3. The molecule has 2 N–H and O–H groups in total. The van der Waals surface area contributed by atoms with Gasteiger partial charge in [0.25, 0.3) is 0 Å². The van der Waals surface area contributed by atoms with Gasteiger partial charge in [-0.1, -0.05) is 27.7 Å². The lowest BCUT2D eigenvalue weighted by atomic mass is 9.95. The van der Waals surface area contributed by atoms with Gasteiger partial charge in [-0.15, -0.1) is 0 Å². The minimum atomic E-state index is -0.859. The first-order chi connectivity index (χ1) is 10.2. The topological polar surface area (TPSA) is 86.7 Å². The van der Waals surface area contributed by atoms with Gasteiger partial charge in [0.15, 0.2) is 0 Å². The lowest BCUT2D eigenvalue weighted by molar-refractivity contribution is -0.147. The fourth-order valence-electron chi connectivity index (χ4n) is 2.69.